The van der Waals surface area contributed by atoms with Gasteiger partial charge in [-0.2, -0.15) is 10.2 Å². The van der Waals surface area contributed by atoms with Crippen molar-refractivity contribution in [2.24, 2.45) is 7.05 Å². The second-order valence-corrected chi connectivity index (χ2v) is 9.50. The van der Waals surface area contributed by atoms with Gasteiger partial charge in [-0.05, 0) is 66.9 Å². The zero-order valence-electron chi connectivity index (χ0n) is 20.1. The molecule has 10 heteroatoms. The van der Waals surface area contributed by atoms with Crippen molar-refractivity contribution in [1.82, 2.24) is 30.3 Å². The topological polar surface area (TPSA) is 102 Å². The van der Waals surface area contributed by atoms with E-state index in [4.69, 9.17) is 4.42 Å². The zero-order valence-corrected chi connectivity index (χ0v) is 21.0. The van der Waals surface area contributed by atoms with Crippen molar-refractivity contribution in [3.05, 3.63) is 96.0 Å². The number of rotatable bonds is 10. The molecule has 2 N–H and O–H groups in total. The SMILES string of the molecule is Cn1ccc(CSc2ccc(C(=O)NCCCc3cn[nH]c3)cc2-c2cnc(-c3ccc(F)cc3)o2)n1. The standard InChI is InChI=1S/C27H25FN6O2S/c1-34-12-10-22(33-34)17-37-25-9-6-20(26(35)29-11-2-3-18-14-31-32-15-18)13-23(25)24-16-30-27(36-24)19-4-7-21(28)8-5-19/h4-10,12-16H,2-3,11,17H2,1H3,(H,29,35)(H,31,32). The first-order valence-electron chi connectivity index (χ1n) is 11.8. The number of carbonyl (C=O) groups is 1. The van der Waals surface area contributed by atoms with Crippen molar-refractivity contribution in [3.63, 3.8) is 0 Å². The molecule has 5 aromatic rings. The van der Waals surface area contributed by atoms with Crippen LogP contribution in [-0.4, -0.2) is 37.4 Å². The smallest absolute Gasteiger partial charge is 0.251 e. The van der Waals surface area contributed by atoms with Crippen LogP contribution < -0.4 is 5.32 Å². The van der Waals surface area contributed by atoms with Gasteiger partial charge in [0.15, 0.2) is 5.76 Å². The molecule has 0 fully saturated rings. The summed E-state index contributed by atoms with van der Waals surface area (Å²) in [6.45, 7) is 0.548. The molecule has 0 saturated carbocycles. The lowest BCUT2D eigenvalue weighted by Gasteiger charge is -2.10. The predicted molar refractivity (Wildman–Crippen MR) is 139 cm³/mol. The van der Waals surface area contributed by atoms with Crippen LogP contribution >= 0.6 is 11.8 Å². The number of H-pyrrole nitrogens is 1. The molecule has 8 nitrogen and oxygen atoms in total. The van der Waals surface area contributed by atoms with Crippen LogP contribution in [0.2, 0.25) is 0 Å². The van der Waals surface area contributed by atoms with E-state index in [1.807, 2.05) is 43.7 Å². The average molecular weight is 517 g/mol. The highest BCUT2D eigenvalue weighted by Gasteiger charge is 2.16. The molecule has 0 saturated heterocycles. The molecule has 2 aromatic carbocycles. The van der Waals surface area contributed by atoms with Gasteiger partial charge in [-0.25, -0.2) is 9.37 Å². The first kappa shape index (κ1) is 24.5. The number of thioether (sulfide) groups is 1. The Bertz CT molecular complexity index is 1480. The monoisotopic (exact) mass is 516 g/mol. The number of carbonyl (C=O) groups excluding carboxylic acids is 1. The highest BCUT2D eigenvalue weighted by atomic mass is 32.2. The lowest BCUT2D eigenvalue weighted by atomic mass is 10.1. The Morgan fingerprint density at radius 1 is 1.16 bits per heavy atom. The second kappa shape index (κ2) is 11.3. The molecule has 0 radical (unpaired) electrons. The summed E-state index contributed by atoms with van der Waals surface area (Å²) in [6, 6.07) is 13.5. The number of amides is 1. The van der Waals surface area contributed by atoms with E-state index >= 15 is 0 Å². The quantitative estimate of drug-likeness (QED) is 0.194. The predicted octanol–water partition coefficient (Wildman–Crippen LogP) is 5.26. The highest BCUT2D eigenvalue weighted by molar-refractivity contribution is 7.98. The van der Waals surface area contributed by atoms with Crippen LogP contribution in [0.1, 0.15) is 28.0 Å². The molecule has 0 aliphatic heterocycles. The van der Waals surface area contributed by atoms with E-state index < -0.39 is 0 Å². The summed E-state index contributed by atoms with van der Waals surface area (Å²) in [5.74, 6) is 1.08. The number of aromatic amines is 1. The fourth-order valence-electron chi connectivity index (χ4n) is 3.82. The van der Waals surface area contributed by atoms with Gasteiger partial charge < -0.3 is 9.73 Å². The third-order valence-corrected chi connectivity index (χ3v) is 6.84. The van der Waals surface area contributed by atoms with Crippen LogP contribution in [0, 0.1) is 5.82 Å². The van der Waals surface area contributed by atoms with E-state index in [2.05, 4.69) is 25.6 Å². The maximum Gasteiger partial charge on any atom is 0.251 e. The average Bonchev–Trinajstić information content (AvgIpc) is 3.68. The first-order valence-corrected chi connectivity index (χ1v) is 12.8. The van der Waals surface area contributed by atoms with E-state index in [0.29, 0.717) is 35.1 Å². The van der Waals surface area contributed by atoms with Crippen molar-refractivity contribution in [2.45, 2.75) is 23.5 Å². The molecule has 0 aliphatic carbocycles. The fourth-order valence-corrected chi connectivity index (χ4v) is 4.75. The molecule has 188 valence electrons. The van der Waals surface area contributed by atoms with Gasteiger partial charge in [0.25, 0.3) is 5.91 Å². The Balaban J connectivity index is 1.36. The molecule has 1 amide bonds. The van der Waals surface area contributed by atoms with E-state index in [-0.39, 0.29) is 11.7 Å². The third kappa shape index (κ3) is 6.15. The summed E-state index contributed by atoms with van der Waals surface area (Å²) in [4.78, 5) is 18.2. The molecule has 0 aliphatic rings. The summed E-state index contributed by atoms with van der Waals surface area (Å²) in [5, 5.41) is 14.2. The van der Waals surface area contributed by atoms with Crippen molar-refractivity contribution in [2.75, 3.05) is 6.54 Å². The molecule has 0 bridgehead atoms. The first-order chi connectivity index (χ1) is 18.0. The van der Waals surface area contributed by atoms with Gasteiger partial charge in [-0.15, -0.1) is 11.8 Å². The molecule has 37 heavy (non-hydrogen) atoms. The Labute approximate surface area is 217 Å². The molecule has 3 aromatic heterocycles. The summed E-state index contributed by atoms with van der Waals surface area (Å²) < 4.78 is 21.2. The Hall–Kier alpha value is -4.18. The summed E-state index contributed by atoms with van der Waals surface area (Å²) >= 11 is 1.60. The molecular weight excluding hydrogens is 491 g/mol. The van der Waals surface area contributed by atoms with E-state index in [9.17, 15) is 9.18 Å². The third-order valence-electron chi connectivity index (χ3n) is 5.73. The van der Waals surface area contributed by atoms with Crippen LogP contribution in [-0.2, 0) is 19.2 Å². The second-order valence-electron chi connectivity index (χ2n) is 8.48. The minimum absolute atomic E-state index is 0.159. The molecule has 3 heterocycles. The van der Waals surface area contributed by atoms with Crippen LogP contribution in [0.15, 0.2) is 82.6 Å². The number of hydrogen-bond acceptors (Lipinski definition) is 6. The normalized spacial score (nSPS) is 11.1. The molecule has 0 spiro atoms. The van der Waals surface area contributed by atoms with Gasteiger partial charge in [-0.1, -0.05) is 0 Å². The van der Waals surface area contributed by atoms with Crippen molar-refractivity contribution >= 4 is 17.7 Å². The molecular formula is C27H25FN6O2S. The summed E-state index contributed by atoms with van der Waals surface area (Å²) in [5.41, 5.74) is 4.01. The van der Waals surface area contributed by atoms with Crippen molar-refractivity contribution in [3.8, 4) is 22.8 Å². The molecule has 0 atom stereocenters. The van der Waals surface area contributed by atoms with Gasteiger partial charge in [0.1, 0.15) is 5.82 Å². The van der Waals surface area contributed by atoms with Gasteiger partial charge >= 0.3 is 0 Å². The largest absolute Gasteiger partial charge is 0.436 e. The van der Waals surface area contributed by atoms with Gasteiger partial charge in [0.05, 0.1) is 18.1 Å². The van der Waals surface area contributed by atoms with E-state index in [1.54, 1.807) is 41.0 Å². The fraction of sp³-hybridized carbons (Fsp3) is 0.185. The van der Waals surface area contributed by atoms with E-state index in [1.165, 1.54) is 12.1 Å². The molecule has 5 rings (SSSR count). The number of nitrogens with one attached hydrogen (secondary N) is 2. The minimum Gasteiger partial charge on any atom is -0.436 e. The van der Waals surface area contributed by atoms with Crippen LogP contribution in [0.3, 0.4) is 0 Å². The lowest BCUT2D eigenvalue weighted by molar-refractivity contribution is 0.0953. The van der Waals surface area contributed by atoms with Crippen molar-refractivity contribution < 1.29 is 13.6 Å². The van der Waals surface area contributed by atoms with Gasteiger partial charge in [0, 0.05) is 53.3 Å². The Morgan fingerprint density at radius 2 is 2.03 bits per heavy atom. The lowest BCUT2D eigenvalue weighted by Crippen LogP contribution is -2.24. The number of aryl methyl sites for hydroxylation is 2. The zero-order chi connectivity index (χ0) is 25.6. The van der Waals surface area contributed by atoms with Crippen LogP contribution in [0.4, 0.5) is 4.39 Å². The van der Waals surface area contributed by atoms with E-state index in [0.717, 1.165) is 34.6 Å². The highest BCUT2D eigenvalue weighted by Crippen LogP contribution is 2.36. The minimum atomic E-state index is -0.327. The summed E-state index contributed by atoms with van der Waals surface area (Å²) in [7, 11) is 1.88. The number of halogens is 1. The van der Waals surface area contributed by atoms with Crippen molar-refractivity contribution in [1.29, 1.82) is 0 Å². The number of nitrogens with zero attached hydrogens (tertiary/aromatic N) is 4. The maximum absolute atomic E-state index is 13.4. The van der Waals surface area contributed by atoms with Crippen LogP contribution in [0.25, 0.3) is 22.8 Å². The number of oxazole rings is 1. The number of hydrogen-bond donors (Lipinski definition) is 2. The van der Waals surface area contributed by atoms with Crippen LogP contribution in [0.5, 0.6) is 0 Å². The number of benzene rings is 2. The maximum atomic E-state index is 13.4. The number of aromatic nitrogens is 5. The van der Waals surface area contributed by atoms with Gasteiger partial charge in [0.2, 0.25) is 5.89 Å². The summed E-state index contributed by atoms with van der Waals surface area (Å²) in [6.07, 6.45) is 8.81. The molecule has 0 unspecified atom stereocenters. The Morgan fingerprint density at radius 3 is 2.78 bits per heavy atom. The van der Waals surface area contributed by atoms with Gasteiger partial charge in [-0.3, -0.25) is 14.6 Å². The Kier molecular flexibility index (Phi) is 7.46.